The lowest BCUT2D eigenvalue weighted by atomic mass is 10.1. The third kappa shape index (κ3) is 16.2. The van der Waals surface area contributed by atoms with Crippen LogP contribution in [0.25, 0.3) is 0 Å². The van der Waals surface area contributed by atoms with Gasteiger partial charge in [0.25, 0.3) is 0 Å². The summed E-state index contributed by atoms with van der Waals surface area (Å²) in [6.07, 6.45) is 4.22. The van der Waals surface area contributed by atoms with E-state index in [1.807, 2.05) is 32.9 Å². The summed E-state index contributed by atoms with van der Waals surface area (Å²) in [6, 6.07) is 8.21. The second-order valence-electron chi connectivity index (χ2n) is 3.08. The molecule has 0 unspecified atom stereocenters. The minimum Gasteiger partial charge on any atom is -0.333 e. The highest BCUT2D eigenvalue weighted by Crippen LogP contribution is 2.03. The molecule has 0 aliphatic carbocycles. The molecule has 0 atom stereocenters. The van der Waals surface area contributed by atoms with Gasteiger partial charge in [0.15, 0.2) is 0 Å². The average molecular weight is 274 g/mol. The Labute approximate surface area is 125 Å². The molecule has 1 aromatic carbocycles. The zero-order chi connectivity index (χ0) is 16.2. The predicted octanol–water partition coefficient (Wildman–Crippen LogP) is 3.52. The van der Waals surface area contributed by atoms with E-state index in [2.05, 4.69) is 42.9 Å². The highest BCUT2D eigenvalue weighted by Gasteiger charge is 1.90. The Kier molecular flexibility index (Phi) is 26.0. The molecule has 0 saturated heterocycles. The Morgan fingerprint density at radius 3 is 1.80 bits per heavy atom. The Morgan fingerprint density at radius 1 is 1.05 bits per heavy atom. The summed E-state index contributed by atoms with van der Waals surface area (Å²) < 4.78 is 0. The lowest BCUT2D eigenvalue weighted by Gasteiger charge is -1.97. The van der Waals surface area contributed by atoms with Crippen LogP contribution in [0.3, 0.4) is 0 Å². The zero-order valence-electron chi connectivity index (χ0n) is 13.4. The maximum absolute atomic E-state index is 5.43. The molecule has 0 aromatic heterocycles. The third-order valence-electron chi connectivity index (χ3n) is 1.82. The molecule has 1 rings (SSSR count). The molecule has 0 amide bonds. The van der Waals surface area contributed by atoms with Crippen molar-refractivity contribution in [3.8, 4) is 11.8 Å². The van der Waals surface area contributed by atoms with Crippen LogP contribution in [0.4, 0.5) is 0 Å². The first-order valence-electron chi connectivity index (χ1n) is 6.81. The number of allylic oxidation sites excluding steroid dienone is 2. The number of rotatable bonds is 3. The Balaban J connectivity index is -0.000000306. The molecule has 0 heterocycles. The van der Waals surface area contributed by atoms with E-state index in [1.54, 1.807) is 12.2 Å². The van der Waals surface area contributed by atoms with E-state index in [4.69, 9.17) is 5.73 Å². The van der Waals surface area contributed by atoms with Crippen molar-refractivity contribution in [2.24, 2.45) is 11.5 Å². The van der Waals surface area contributed by atoms with E-state index >= 15 is 0 Å². The second-order valence-corrected chi connectivity index (χ2v) is 3.08. The normalized spacial score (nSPS) is 6.90. The summed E-state index contributed by atoms with van der Waals surface area (Å²) >= 11 is 0. The number of nitrogens with two attached hydrogens (primary N) is 2. The van der Waals surface area contributed by atoms with Crippen molar-refractivity contribution < 1.29 is 0 Å². The quantitative estimate of drug-likeness (QED) is 0.654. The molecule has 20 heavy (non-hydrogen) atoms. The largest absolute Gasteiger partial charge is 0.333 e. The van der Waals surface area contributed by atoms with Gasteiger partial charge in [-0.2, -0.15) is 0 Å². The van der Waals surface area contributed by atoms with Gasteiger partial charge in [0.2, 0.25) is 0 Å². The van der Waals surface area contributed by atoms with E-state index in [0.717, 1.165) is 12.0 Å². The molecule has 0 spiro atoms. The molecule has 112 valence electrons. The lowest BCUT2D eigenvalue weighted by molar-refractivity contribution is 0.969. The molecule has 2 nitrogen and oxygen atoms in total. The summed E-state index contributed by atoms with van der Waals surface area (Å²) in [5.41, 5.74) is 12.3. The molecule has 0 radical (unpaired) electrons. The fourth-order valence-corrected chi connectivity index (χ4v) is 1.07. The Hall–Kier alpha value is -1.82. The molecule has 0 aliphatic heterocycles. The molecule has 0 aliphatic rings. The van der Waals surface area contributed by atoms with Crippen LogP contribution in [0.15, 0.2) is 49.6 Å². The molecular weight excluding hydrogens is 244 g/mol. The van der Waals surface area contributed by atoms with E-state index in [1.165, 1.54) is 12.6 Å². The van der Waals surface area contributed by atoms with Crippen LogP contribution < -0.4 is 11.5 Å². The van der Waals surface area contributed by atoms with Crippen LogP contribution >= 0.6 is 0 Å². The van der Waals surface area contributed by atoms with Crippen molar-refractivity contribution >= 4 is 0 Å². The standard InChI is InChI=1S/C11H13N.C4H6.C2H6.CH5N/c1-2-3-10-4-6-11(7-5-10)8-9-12;1-3-4-2;2*1-2/h4-7H,8-9,12H2,1H3;3-4H,1-2H2;1-2H3;2H2,1H3. The summed E-state index contributed by atoms with van der Waals surface area (Å²) in [5, 5.41) is 0. The van der Waals surface area contributed by atoms with Gasteiger partial charge in [-0.15, -0.1) is 5.92 Å². The number of benzene rings is 1. The minimum atomic E-state index is 0.707. The summed E-state index contributed by atoms with van der Waals surface area (Å²) in [5.74, 6) is 5.86. The SMILES string of the molecule is C=CC=C.CC.CC#Cc1ccc(CCN)cc1.CN. The molecule has 0 fully saturated rings. The highest BCUT2D eigenvalue weighted by atomic mass is 14.5. The van der Waals surface area contributed by atoms with Gasteiger partial charge in [-0.1, -0.05) is 57.2 Å². The molecular formula is C18H30N2. The van der Waals surface area contributed by atoms with E-state index in [9.17, 15) is 0 Å². The van der Waals surface area contributed by atoms with Crippen LogP contribution in [0.1, 0.15) is 31.9 Å². The maximum Gasteiger partial charge on any atom is 0.0245 e. The molecule has 0 saturated carbocycles. The summed E-state index contributed by atoms with van der Waals surface area (Å²) in [4.78, 5) is 0. The first-order valence-corrected chi connectivity index (χ1v) is 6.81. The first-order chi connectivity index (χ1) is 9.78. The monoisotopic (exact) mass is 274 g/mol. The van der Waals surface area contributed by atoms with Gasteiger partial charge in [-0.05, 0) is 44.6 Å². The van der Waals surface area contributed by atoms with Crippen LogP contribution in [-0.4, -0.2) is 13.6 Å². The van der Waals surface area contributed by atoms with Crippen molar-refractivity contribution in [2.75, 3.05) is 13.6 Å². The summed E-state index contributed by atoms with van der Waals surface area (Å²) in [7, 11) is 1.50. The third-order valence-corrected chi connectivity index (χ3v) is 1.82. The molecule has 0 bridgehead atoms. The zero-order valence-corrected chi connectivity index (χ0v) is 13.4. The average Bonchev–Trinajstić information content (AvgIpc) is 2.54. The van der Waals surface area contributed by atoms with Gasteiger partial charge in [-0.3, -0.25) is 0 Å². The van der Waals surface area contributed by atoms with Crippen LogP contribution in [0.2, 0.25) is 0 Å². The van der Waals surface area contributed by atoms with Gasteiger partial charge < -0.3 is 11.5 Å². The van der Waals surface area contributed by atoms with Crippen molar-refractivity contribution in [3.05, 3.63) is 60.7 Å². The molecule has 2 heteroatoms. The molecule has 1 aromatic rings. The van der Waals surface area contributed by atoms with Gasteiger partial charge >= 0.3 is 0 Å². The smallest absolute Gasteiger partial charge is 0.0245 e. The van der Waals surface area contributed by atoms with Crippen molar-refractivity contribution in [1.29, 1.82) is 0 Å². The van der Waals surface area contributed by atoms with Crippen LogP contribution in [0, 0.1) is 11.8 Å². The van der Waals surface area contributed by atoms with E-state index < -0.39 is 0 Å². The number of hydrogen-bond acceptors (Lipinski definition) is 2. The fraction of sp³-hybridized carbons (Fsp3) is 0.333. The van der Waals surface area contributed by atoms with Crippen LogP contribution in [0.5, 0.6) is 0 Å². The molecule has 4 N–H and O–H groups in total. The maximum atomic E-state index is 5.43. The van der Waals surface area contributed by atoms with Gasteiger partial charge in [0.05, 0.1) is 0 Å². The Morgan fingerprint density at radius 2 is 1.50 bits per heavy atom. The lowest BCUT2D eigenvalue weighted by Crippen LogP contribution is -2.02. The van der Waals surface area contributed by atoms with Gasteiger partial charge in [0.1, 0.15) is 0 Å². The number of hydrogen-bond donors (Lipinski definition) is 2. The fourth-order valence-electron chi connectivity index (χ4n) is 1.07. The van der Waals surface area contributed by atoms with E-state index in [-0.39, 0.29) is 0 Å². The minimum absolute atomic E-state index is 0.707. The van der Waals surface area contributed by atoms with Crippen LogP contribution in [-0.2, 0) is 6.42 Å². The second kappa shape index (κ2) is 22.4. The summed E-state index contributed by atoms with van der Waals surface area (Å²) in [6.45, 7) is 13.3. The predicted molar refractivity (Wildman–Crippen MR) is 93.6 cm³/mol. The first kappa shape index (κ1) is 23.3. The van der Waals surface area contributed by atoms with Crippen molar-refractivity contribution in [2.45, 2.75) is 27.2 Å². The topological polar surface area (TPSA) is 52.0 Å². The highest BCUT2D eigenvalue weighted by molar-refractivity contribution is 5.35. The Bertz CT molecular complexity index is 361. The van der Waals surface area contributed by atoms with Crippen molar-refractivity contribution in [1.82, 2.24) is 0 Å². The van der Waals surface area contributed by atoms with Crippen molar-refractivity contribution in [3.63, 3.8) is 0 Å². The van der Waals surface area contributed by atoms with E-state index in [0.29, 0.717) is 6.54 Å². The van der Waals surface area contributed by atoms with Gasteiger partial charge in [-0.25, -0.2) is 0 Å². The van der Waals surface area contributed by atoms with Gasteiger partial charge in [0, 0.05) is 5.56 Å².